The van der Waals surface area contributed by atoms with Gasteiger partial charge in [0.25, 0.3) is 5.91 Å². The van der Waals surface area contributed by atoms with Crippen molar-refractivity contribution in [1.82, 2.24) is 9.88 Å². The van der Waals surface area contributed by atoms with Gasteiger partial charge < -0.3 is 9.73 Å². The molecule has 3 rings (SSSR count). The molecule has 1 N–H and O–H groups in total. The van der Waals surface area contributed by atoms with E-state index in [1.807, 2.05) is 11.4 Å². The molecule has 0 aliphatic carbocycles. The summed E-state index contributed by atoms with van der Waals surface area (Å²) in [5.74, 6) is -0.908. The van der Waals surface area contributed by atoms with Crippen molar-refractivity contribution < 1.29 is 14.0 Å². The van der Waals surface area contributed by atoms with Crippen LogP contribution in [0.25, 0.3) is 11.1 Å². The van der Waals surface area contributed by atoms with E-state index in [4.69, 9.17) is 4.42 Å². The second kappa shape index (κ2) is 6.45. The van der Waals surface area contributed by atoms with Gasteiger partial charge in [-0.05, 0) is 30.5 Å². The van der Waals surface area contributed by atoms with Crippen LogP contribution in [0, 0.1) is 0 Å². The predicted molar refractivity (Wildman–Crippen MR) is 91.6 cm³/mol. The van der Waals surface area contributed by atoms with Gasteiger partial charge in [0.2, 0.25) is 0 Å². The van der Waals surface area contributed by atoms with Crippen LogP contribution in [0.5, 0.6) is 0 Å². The number of aryl methyl sites for hydroxylation is 1. The molecule has 124 valence electrons. The third kappa shape index (κ3) is 3.03. The Bertz CT molecular complexity index is 953. The van der Waals surface area contributed by atoms with Crippen molar-refractivity contribution in [3.63, 3.8) is 0 Å². The number of hydrogen-bond acceptors (Lipinski definition) is 5. The first-order chi connectivity index (χ1) is 11.5. The number of hydrogen-bond donors (Lipinski definition) is 1. The minimum Gasteiger partial charge on any atom is -0.407 e. The maximum absolute atomic E-state index is 12.5. The maximum Gasteiger partial charge on any atom is 0.419 e. The SMILES string of the molecule is C[C@@H](CC(=O)c1cccs1)NC(=O)c1cccc2c1oc(=O)n2C. The average molecular weight is 344 g/mol. The van der Waals surface area contributed by atoms with Crippen LogP contribution in [0.15, 0.2) is 44.9 Å². The number of benzene rings is 1. The van der Waals surface area contributed by atoms with Crippen molar-refractivity contribution in [1.29, 1.82) is 0 Å². The molecule has 0 aliphatic heterocycles. The minimum absolute atomic E-state index is 0.0118. The van der Waals surface area contributed by atoms with Crippen LogP contribution in [0.1, 0.15) is 33.4 Å². The number of rotatable bonds is 5. The van der Waals surface area contributed by atoms with E-state index < -0.39 is 5.76 Å². The third-order valence-corrected chi connectivity index (χ3v) is 4.64. The Balaban J connectivity index is 1.76. The lowest BCUT2D eigenvalue weighted by molar-refractivity contribution is 0.0920. The number of carbonyl (C=O) groups is 2. The number of nitrogens with zero attached hydrogens (tertiary/aromatic N) is 1. The highest BCUT2D eigenvalue weighted by atomic mass is 32.1. The Labute approximate surface area is 141 Å². The molecule has 0 saturated heterocycles. The van der Waals surface area contributed by atoms with E-state index in [0.717, 1.165) is 0 Å². The quantitative estimate of drug-likeness (QED) is 0.721. The highest BCUT2D eigenvalue weighted by Crippen LogP contribution is 2.18. The van der Waals surface area contributed by atoms with E-state index in [0.29, 0.717) is 10.4 Å². The summed E-state index contributed by atoms with van der Waals surface area (Å²) in [6.45, 7) is 1.77. The molecule has 1 aromatic carbocycles. The lowest BCUT2D eigenvalue weighted by atomic mass is 10.1. The average Bonchev–Trinajstić information content (AvgIpc) is 3.16. The molecule has 0 unspecified atom stereocenters. The molecule has 2 aromatic heterocycles. The molecule has 0 fully saturated rings. The molecule has 0 spiro atoms. The van der Waals surface area contributed by atoms with Crippen LogP contribution < -0.4 is 11.1 Å². The predicted octanol–water partition coefficient (Wildman–Crippen LogP) is 2.58. The number of aromatic nitrogens is 1. The van der Waals surface area contributed by atoms with Crippen LogP contribution >= 0.6 is 11.3 Å². The second-order valence-corrected chi connectivity index (χ2v) is 6.51. The lowest BCUT2D eigenvalue weighted by Gasteiger charge is -2.12. The lowest BCUT2D eigenvalue weighted by Crippen LogP contribution is -2.34. The number of para-hydroxylation sites is 1. The van der Waals surface area contributed by atoms with E-state index in [1.54, 1.807) is 38.2 Å². The summed E-state index contributed by atoms with van der Waals surface area (Å²) < 4.78 is 6.50. The zero-order valence-electron chi connectivity index (χ0n) is 13.2. The summed E-state index contributed by atoms with van der Waals surface area (Å²) in [7, 11) is 1.58. The van der Waals surface area contributed by atoms with Crippen molar-refractivity contribution in [2.75, 3.05) is 0 Å². The molecule has 7 heteroatoms. The number of fused-ring (bicyclic) bond motifs is 1. The first-order valence-corrected chi connectivity index (χ1v) is 8.31. The molecule has 1 amide bonds. The number of carbonyl (C=O) groups excluding carboxylic acids is 2. The van der Waals surface area contributed by atoms with Crippen molar-refractivity contribution in [2.45, 2.75) is 19.4 Å². The number of ketones is 1. The van der Waals surface area contributed by atoms with Crippen molar-refractivity contribution in [2.24, 2.45) is 7.05 Å². The zero-order valence-corrected chi connectivity index (χ0v) is 14.1. The molecule has 1 atom stereocenters. The molecule has 0 aliphatic rings. The molecule has 6 nitrogen and oxygen atoms in total. The Hall–Kier alpha value is -2.67. The summed E-state index contributed by atoms with van der Waals surface area (Å²) in [5.41, 5.74) is 1.08. The van der Waals surface area contributed by atoms with Crippen molar-refractivity contribution >= 4 is 34.1 Å². The summed E-state index contributed by atoms with van der Waals surface area (Å²) >= 11 is 1.38. The maximum atomic E-state index is 12.5. The van der Waals surface area contributed by atoms with E-state index in [9.17, 15) is 14.4 Å². The fourth-order valence-corrected chi connectivity index (χ4v) is 3.17. The Kier molecular flexibility index (Phi) is 4.35. The molecular formula is C17H16N2O4S. The summed E-state index contributed by atoms with van der Waals surface area (Å²) in [5, 5.41) is 4.63. The summed E-state index contributed by atoms with van der Waals surface area (Å²) in [6, 6.07) is 8.24. The minimum atomic E-state index is -0.522. The number of nitrogens with one attached hydrogen (secondary N) is 1. The van der Waals surface area contributed by atoms with E-state index in [1.165, 1.54) is 15.9 Å². The number of Topliss-reactive ketones (excluding diaryl/α,β-unsaturated/α-hetero) is 1. The second-order valence-electron chi connectivity index (χ2n) is 5.56. The van der Waals surface area contributed by atoms with Gasteiger partial charge in [0.15, 0.2) is 11.4 Å². The Morgan fingerprint density at radius 3 is 2.79 bits per heavy atom. The van der Waals surface area contributed by atoms with Crippen LogP contribution in [0.2, 0.25) is 0 Å². The Morgan fingerprint density at radius 1 is 1.29 bits per heavy atom. The van der Waals surface area contributed by atoms with Crippen LogP contribution in [0.4, 0.5) is 0 Å². The first-order valence-electron chi connectivity index (χ1n) is 7.43. The van der Waals surface area contributed by atoms with Gasteiger partial charge in [0.05, 0.1) is 16.0 Å². The molecule has 0 bridgehead atoms. The van der Waals surface area contributed by atoms with Gasteiger partial charge in [-0.25, -0.2) is 4.79 Å². The van der Waals surface area contributed by atoms with Crippen LogP contribution in [0.3, 0.4) is 0 Å². The highest BCUT2D eigenvalue weighted by Gasteiger charge is 2.19. The smallest absolute Gasteiger partial charge is 0.407 e. The largest absolute Gasteiger partial charge is 0.419 e. The zero-order chi connectivity index (χ0) is 17.3. The van der Waals surface area contributed by atoms with Gasteiger partial charge >= 0.3 is 5.76 Å². The molecule has 24 heavy (non-hydrogen) atoms. The van der Waals surface area contributed by atoms with Crippen molar-refractivity contribution in [3.05, 3.63) is 56.7 Å². The Morgan fingerprint density at radius 2 is 2.08 bits per heavy atom. The molecule has 3 aromatic rings. The fourth-order valence-electron chi connectivity index (χ4n) is 2.50. The summed E-state index contributed by atoms with van der Waals surface area (Å²) in [6.07, 6.45) is 0.209. The molecule has 0 radical (unpaired) electrons. The third-order valence-electron chi connectivity index (χ3n) is 3.73. The van der Waals surface area contributed by atoms with Crippen molar-refractivity contribution in [3.8, 4) is 0 Å². The molecular weight excluding hydrogens is 328 g/mol. The molecule has 0 saturated carbocycles. The molecule has 2 heterocycles. The fraction of sp³-hybridized carbons (Fsp3) is 0.235. The first kappa shape index (κ1) is 16.2. The standard InChI is InChI=1S/C17H16N2O4S/c1-10(9-13(20)14-7-4-8-24-14)18-16(21)11-5-3-6-12-15(11)23-17(22)19(12)2/h3-8,10H,9H2,1-2H3,(H,18,21)/t10-/m0/s1. The van der Waals surface area contributed by atoms with Gasteiger partial charge in [0.1, 0.15) is 0 Å². The van der Waals surface area contributed by atoms with Crippen LogP contribution in [-0.4, -0.2) is 22.3 Å². The normalized spacial score (nSPS) is 12.2. The highest BCUT2D eigenvalue weighted by molar-refractivity contribution is 7.12. The topological polar surface area (TPSA) is 81.3 Å². The number of thiophene rings is 1. The van der Waals surface area contributed by atoms with Gasteiger partial charge in [-0.3, -0.25) is 14.2 Å². The van der Waals surface area contributed by atoms with E-state index >= 15 is 0 Å². The number of oxazole rings is 1. The van der Waals surface area contributed by atoms with E-state index in [2.05, 4.69) is 5.32 Å². The summed E-state index contributed by atoms with van der Waals surface area (Å²) in [4.78, 5) is 36.9. The van der Waals surface area contributed by atoms with Gasteiger partial charge in [-0.2, -0.15) is 0 Å². The van der Waals surface area contributed by atoms with E-state index in [-0.39, 0.29) is 35.3 Å². The van der Waals surface area contributed by atoms with Gasteiger partial charge in [-0.15, -0.1) is 11.3 Å². The van der Waals surface area contributed by atoms with Gasteiger partial charge in [0, 0.05) is 19.5 Å². The van der Waals surface area contributed by atoms with Gasteiger partial charge in [-0.1, -0.05) is 12.1 Å². The van der Waals surface area contributed by atoms with Crippen LogP contribution in [-0.2, 0) is 7.05 Å². The monoisotopic (exact) mass is 344 g/mol. The number of amides is 1.